The van der Waals surface area contributed by atoms with Gasteiger partial charge in [0.05, 0.1) is 0 Å². The molecule has 0 unspecified atom stereocenters. The molecular formula is C22H18ClNO6. The molecule has 0 atom stereocenters. The smallest absolute Gasteiger partial charge is 0.349 e. The van der Waals surface area contributed by atoms with Crippen LogP contribution in [-0.2, 0) is 4.79 Å². The Morgan fingerprint density at radius 1 is 1.17 bits per heavy atom. The molecule has 7 nitrogen and oxygen atoms in total. The van der Waals surface area contributed by atoms with Crippen molar-refractivity contribution < 1.29 is 23.5 Å². The lowest BCUT2D eigenvalue weighted by Gasteiger charge is -2.08. The molecule has 2 aromatic carbocycles. The Bertz CT molecular complexity index is 1180. The molecule has 8 heteroatoms. The minimum absolute atomic E-state index is 0.124. The maximum absolute atomic E-state index is 12.1. The lowest BCUT2D eigenvalue weighted by Crippen LogP contribution is -2.28. The molecule has 0 fully saturated rings. The highest BCUT2D eigenvalue weighted by molar-refractivity contribution is 6.31. The van der Waals surface area contributed by atoms with Crippen LogP contribution in [0.25, 0.3) is 11.0 Å². The Labute approximate surface area is 176 Å². The minimum atomic E-state index is -0.797. The summed E-state index contributed by atoms with van der Waals surface area (Å²) in [5.74, 6) is -0.531. The van der Waals surface area contributed by atoms with Crippen molar-refractivity contribution in [1.82, 2.24) is 5.32 Å². The van der Waals surface area contributed by atoms with Crippen LogP contribution < -0.4 is 20.4 Å². The molecule has 30 heavy (non-hydrogen) atoms. The first-order valence-electron chi connectivity index (χ1n) is 8.94. The minimum Gasteiger partial charge on any atom is -0.482 e. The van der Waals surface area contributed by atoms with E-state index >= 15 is 0 Å². The zero-order chi connectivity index (χ0) is 21.7. The maximum atomic E-state index is 12.1. The van der Waals surface area contributed by atoms with E-state index in [1.165, 1.54) is 24.3 Å². The first-order chi connectivity index (χ1) is 14.4. The molecule has 0 aliphatic heterocycles. The van der Waals surface area contributed by atoms with Crippen molar-refractivity contribution in [3.63, 3.8) is 0 Å². The molecule has 0 saturated carbocycles. The Kier molecular flexibility index (Phi) is 6.54. The average molecular weight is 428 g/mol. The Hall–Kier alpha value is -3.58. The molecule has 0 bridgehead atoms. The van der Waals surface area contributed by atoms with E-state index in [9.17, 15) is 14.4 Å². The van der Waals surface area contributed by atoms with Crippen molar-refractivity contribution in [3.05, 3.63) is 81.7 Å². The molecule has 0 spiro atoms. The van der Waals surface area contributed by atoms with Crippen LogP contribution in [0.1, 0.15) is 15.9 Å². The number of esters is 1. The fraction of sp³-hybridized carbons (Fsp3) is 0.136. The first kappa shape index (κ1) is 21.1. The molecule has 0 saturated heterocycles. The highest BCUT2D eigenvalue weighted by Gasteiger charge is 2.14. The predicted octanol–water partition coefficient (Wildman–Crippen LogP) is 3.66. The van der Waals surface area contributed by atoms with Crippen LogP contribution in [0.15, 0.2) is 64.3 Å². The summed E-state index contributed by atoms with van der Waals surface area (Å²) in [6.07, 6.45) is 1.50. The van der Waals surface area contributed by atoms with E-state index in [1.54, 1.807) is 24.3 Å². The highest BCUT2D eigenvalue weighted by atomic mass is 35.5. The van der Waals surface area contributed by atoms with Crippen molar-refractivity contribution >= 4 is 34.4 Å². The molecule has 0 aliphatic rings. The van der Waals surface area contributed by atoms with Crippen molar-refractivity contribution in [2.75, 3.05) is 13.2 Å². The number of benzene rings is 2. The molecular weight excluding hydrogens is 410 g/mol. The van der Waals surface area contributed by atoms with E-state index in [-0.39, 0.29) is 30.0 Å². The largest absolute Gasteiger partial charge is 0.482 e. The Morgan fingerprint density at radius 2 is 1.93 bits per heavy atom. The second kappa shape index (κ2) is 9.28. The number of aryl methyl sites for hydroxylation is 1. The number of rotatable bonds is 7. The molecule has 3 aromatic rings. The van der Waals surface area contributed by atoms with Crippen molar-refractivity contribution in [1.29, 1.82) is 0 Å². The van der Waals surface area contributed by atoms with Crippen LogP contribution >= 0.6 is 11.6 Å². The number of hydrogen-bond donors (Lipinski definition) is 1. The van der Waals surface area contributed by atoms with Gasteiger partial charge in [-0.2, -0.15) is 0 Å². The number of nitrogens with one attached hydrogen (secondary N) is 1. The summed E-state index contributed by atoms with van der Waals surface area (Å²) in [6, 6.07) is 10.9. The summed E-state index contributed by atoms with van der Waals surface area (Å²) in [5.41, 5.74) is 0.0826. The SMILES string of the molecule is C=CCNC(=O)c1cc2ccc(OC(=O)COc3ccc(Cl)c(C)c3)cc2oc1=O. The van der Waals surface area contributed by atoms with Gasteiger partial charge in [-0.3, -0.25) is 4.79 Å². The summed E-state index contributed by atoms with van der Waals surface area (Å²) in [7, 11) is 0. The van der Waals surface area contributed by atoms with Crippen molar-refractivity contribution in [3.8, 4) is 11.5 Å². The van der Waals surface area contributed by atoms with Gasteiger partial charge >= 0.3 is 11.6 Å². The van der Waals surface area contributed by atoms with Crippen molar-refractivity contribution in [2.24, 2.45) is 0 Å². The van der Waals surface area contributed by atoms with E-state index in [2.05, 4.69) is 11.9 Å². The van der Waals surface area contributed by atoms with Gasteiger partial charge in [-0.1, -0.05) is 17.7 Å². The number of ether oxygens (including phenoxy) is 2. The zero-order valence-corrected chi connectivity index (χ0v) is 16.8. The third-order valence-corrected chi connectivity index (χ3v) is 4.50. The van der Waals surface area contributed by atoms with Crippen LogP contribution in [0.4, 0.5) is 0 Å². The second-order valence-corrected chi connectivity index (χ2v) is 6.73. The van der Waals surface area contributed by atoms with Gasteiger partial charge in [-0.15, -0.1) is 6.58 Å². The molecule has 1 amide bonds. The quantitative estimate of drug-likeness (QED) is 0.267. The predicted molar refractivity (Wildman–Crippen MR) is 112 cm³/mol. The number of carbonyl (C=O) groups excluding carboxylic acids is 2. The average Bonchev–Trinajstić information content (AvgIpc) is 2.72. The topological polar surface area (TPSA) is 94.8 Å². The third kappa shape index (κ3) is 5.07. The molecule has 1 aromatic heterocycles. The molecule has 0 radical (unpaired) electrons. The van der Waals surface area contributed by atoms with Gasteiger partial charge in [-0.05, 0) is 48.9 Å². The summed E-state index contributed by atoms with van der Waals surface area (Å²) in [6.45, 7) is 5.23. The van der Waals surface area contributed by atoms with Crippen LogP contribution in [0, 0.1) is 6.92 Å². The van der Waals surface area contributed by atoms with Crippen LogP contribution in [0.2, 0.25) is 5.02 Å². The summed E-state index contributed by atoms with van der Waals surface area (Å²) < 4.78 is 15.8. The van der Waals surface area contributed by atoms with Crippen LogP contribution in [-0.4, -0.2) is 25.0 Å². The third-order valence-electron chi connectivity index (χ3n) is 4.08. The van der Waals surface area contributed by atoms with E-state index < -0.39 is 17.5 Å². The molecule has 3 rings (SSSR count). The molecule has 154 valence electrons. The normalized spacial score (nSPS) is 10.5. The zero-order valence-electron chi connectivity index (χ0n) is 16.1. The van der Waals surface area contributed by atoms with Gasteiger partial charge in [0.25, 0.3) is 5.91 Å². The van der Waals surface area contributed by atoms with E-state index in [0.29, 0.717) is 16.2 Å². The number of fused-ring (bicyclic) bond motifs is 1. The molecule has 0 aliphatic carbocycles. The van der Waals surface area contributed by atoms with Gasteiger partial charge in [0.1, 0.15) is 22.6 Å². The van der Waals surface area contributed by atoms with Gasteiger partial charge in [0.15, 0.2) is 6.61 Å². The highest BCUT2D eigenvalue weighted by Crippen LogP contribution is 2.22. The fourth-order valence-electron chi connectivity index (χ4n) is 2.58. The van der Waals surface area contributed by atoms with Gasteiger partial charge in [-0.25, -0.2) is 9.59 Å². The molecule has 1 N–H and O–H groups in total. The maximum Gasteiger partial charge on any atom is 0.349 e. The van der Waals surface area contributed by atoms with E-state index in [4.69, 9.17) is 25.5 Å². The summed E-state index contributed by atoms with van der Waals surface area (Å²) in [4.78, 5) is 36.1. The van der Waals surface area contributed by atoms with E-state index in [1.807, 2.05) is 6.92 Å². The van der Waals surface area contributed by atoms with Gasteiger partial charge in [0.2, 0.25) is 0 Å². The van der Waals surface area contributed by atoms with Crippen molar-refractivity contribution in [2.45, 2.75) is 6.92 Å². The number of carbonyl (C=O) groups is 2. The second-order valence-electron chi connectivity index (χ2n) is 6.32. The Balaban J connectivity index is 1.69. The Morgan fingerprint density at radius 3 is 2.67 bits per heavy atom. The van der Waals surface area contributed by atoms with E-state index in [0.717, 1.165) is 5.56 Å². The van der Waals surface area contributed by atoms with Gasteiger partial charge in [0, 0.05) is 23.0 Å². The van der Waals surface area contributed by atoms with Gasteiger partial charge < -0.3 is 19.2 Å². The number of amides is 1. The lowest BCUT2D eigenvalue weighted by atomic mass is 10.1. The number of hydrogen-bond acceptors (Lipinski definition) is 6. The fourth-order valence-corrected chi connectivity index (χ4v) is 2.70. The first-order valence-corrected chi connectivity index (χ1v) is 9.32. The van der Waals surface area contributed by atoms with Crippen LogP contribution in [0.5, 0.6) is 11.5 Å². The summed E-state index contributed by atoms with van der Waals surface area (Å²) in [5, 5.41) is 3.62. The monoisotopic (exact) mass is 427 g/mol. The number of halogens is 1. The molecule has 1 heterocycles. The standard InChI is InChI=1S/C22H18ClNO6/c1-3-8-24-21(26)17-10-14-4-5-16(11-19(14)30-22(17)27)29-20(25)12-28-15-6-7-18(23)13(2)9-15/h3-7,9-11H,1,8,12H2,2H3,(H,24,26). The summed E-state index contributed by atoms with van der Waals surface area (Å²) >= 11 is 5.95. The lowest BCUT2D eigenvalue weighted by molar-refractivity contribution is -0.136. The van der Waals surface area contributed by atoms with Crippen LogP contribution in [0.3, 0.4) is 0 Å².